The van der Waals surface area contributed by atoms with E-state index in [4.69, 9.17) is 0 Å². The number of aryl methyl sites for hydroxylation is 1. The Bertz CT molecular complexity index is 2950. The monoisotopic (exact) mass is 801 g/mol. The second kappa shape index (κ2) is 15.3. The molecule has 0 aromatic heterocycles. The second-order valence-corrected chi connectivity index (χ2v) is 18.4. The maximum Gasteiger partial charge on any atom is 0.0470 e. The first kappa shape index (κ1) is 39.4. The molecule has 3 aliphatic rings. The summed E-state index contributed by atoms with van der Waals surface area (Å²) in [4.78, 5) is 2.41. The van der Waals surface area contributed by atoms with Gasteiger partial charge in [0.25, 0.3) is 0 Å². The Hall–Kier alpha value is -6.70. The van der Waals surface area contributed by atoms with Crippen molar-refractivity contribution in [2.24, 2.45) is 0 Å². The molecule has 0 N–H and O–H groups in total. The topological polar surface area (TPSA) is 3.24 Å². The average Bonchev–Trinajstić information content (AvgIpc) is 3.67. The Morgan fingerprint density at radius 1 is 0.516 bits per heavy atom. The van der Waals surface area contributed by atoms with E-state index >= 15 is 0 Å². The second-order valence-electron chi connectivity index (χ2n) is 18.4. The molecule has 0 spiro atoms. The summed E-state index contributed by atoms with van der Waals surface area (Å²) in [6.07, 6.45) is 15.6. The fraction of sp³-hybridized carbons (Fsp3) is 0.180. The summed E-state index contributed by atoms with van der Waals surface area (Å²) in [7, 11) is 0. The first-order valence-electron chi connectivity index (χ1n) is 22.4. The van der Waals surface area contributed by atoms with E-state index in [1.54, 1.807) is 0 Å². The van der Waals surface area contributed by atoms with E-state index in [9.17, 15) is 0 Å². The van der Waals surface area contributed by atoms with Crippen molar-refractivity contribution >= 4 is 28.2 Å². The first-order valence-corrected chi connectivity index (χ1v) is 22.4. The molecular formula is C61H55N. The average molecular weight is 802 g/mol. The van der Waals surface area contributed by atoms with E-state index in [2.05, 4.69) is 235 Å². The molecular weight excluding hydrogens is 747 g/mol. The van der Waals surface area contributed by atoms with Gasteiger partial charge in [0, 0.05) is 27.9 Å². The summed E-state index contributed by atoms with van der Waals surface area (Å²) in [5.41, 5.74) is 25.5. The minimum atomic E-state index is -0.172. The number of benzene rings is 7. The van der Waals surface area contributed by atoms with Crippen LogP contribution in [0.25, 0.3) is 55.7 Å². The lowest BCUT2D eigenvalue weighted by atomic mass is 9.79. The third-order valence-corrected chi connectivity index (χ3v) is 13.8. The van der Waals surface area contributed by atoms with Gasteiger partial charge < -0.3 is 4.90 Å². The smallest absolute Gasteiger partial charge is 0.0470 e. The van der Waals surface area contributed by atoms with E-state index in [-0.39, 0.29) is 10.8 Å². The zero-order valence-corrected chi connectivity index (χ0v) is 37.2. The number of nitrogens with zero attached hydrogens (tertiary/aromatic N) is 1. The normalized spacial score (nSPS) is 15.5. The highest BCUT2D eigenvalue weighted by atomic mass is 15.1. The molecule has 0 bridgehead atoms. The van der Waals surface area contributed by atoms with Crippen molar-refractivity contribution in [1.82, 2.24) is 0 Å². The van der Waals surface area contributed by atoms with Crippen molar-refractivity contribution < 1.29 is 0 Å². The van der Waals surface area contributed by atoms with Gasteiger partial charge in [0.1, 0.15) is 0 Å². The lowest BCUT2D eigenvalue weighted by Crippen LogP contribution is -2.17. The molecule has 1 nitrogen and oxygen atoms in total. The third-order valence-electron chi connectivity index (χ3n) is 13.8. The number of hydrogen-bond donors (Lipinski definition) is 0. The quantitative estimate of drug-likeness (QED) is 0.138. The van der Waals surface area contributed by atoms with Gasteiger partial charge >= 0.3 is 0 Å². The van der Waals surface area contributed by atoms with Crippen LogP contribution in [0.4, 0.5) is 17.1 Å². The standard InChI is InChI=1S/C61H55N/c1-8-17-41(9-2)43-24-29-48(30-25-43)62(49-31-26-44(27-32-49)42-18-12-10-13-19-42)50-35-40(3)34-47(36-50)46-28-33-52-53-38-58-54(39-57(53)61(6,7)56(52)37-46)59-51(45-20-14-11-15-21-45)22-16-23-55(59)60(58,4)5/h8-9,11-12,14-39H,10,13H2,1-7H3/b17-8-,41-9+. The van der Waals surface area contributed by atoms with Crippen LogP contribution in [0.1, 0.15) is 93.3 Å². The molecule has 10 rings (SSSR count). The van der Waals surface area contributed by atoms with Crippen LogP contribution in [0.2, 0.25) is 0 Å². The van der Waals surface area contributed by atoms with E-state index < -0.39 is 0 Å². The fourth-order valence-electron chi connectivity index (χ4n) is 10.5. The highest BCUT2D eigenvalue weighted by molar-refractivity contribution is 5.96. The minimum Gasteiger partial charge on any atom is -0.310 e. The molecule has 0 atom stereocenters. The molecule has 7 aromatic rings. The van der Waals surface area contributed by atoms with Gasteiger partial charge in [-0.1, -0.05) is 155 Å². The van der Waals surface area contributed by atoms with Crippen LogP contribution >= 0.6 is 0 Å². The van der Waals surface area contributed by atoms with Crippen LogP contribution in [0, 0.1) is 6.92 Å². The van der Waals surface area contributed by atoms with E-state index in [1.807, 2.05) is 0 Å². The molecule has 3 aliphatic carbocycles. The van der Waals surface area contributed by atoms with Crippen LogP contribution in [-0.4, -0.2) is 0 Å². The van der Waals surface area contributed by atoms with Crippen LogP contribution in [-0.2, 0) is 10.8 Å². The van der Waals surface area contributed by atoms with Crippen molar-refractivity contribution in [2.45, 2.75) is 72.1 Å². The van der Waals surface area contributed by atoms with Crippen molar-refractivity contribution in [3.63, 3.8) is 0 Å². The molecule has 0 amide bonds. The molecule has 0 aliphatic heterocycles. The van der Waals surface area contributed by atoms with Crippen LogP contribution < -0.4 is 4.90 Å². The van der Waals surface area contributed by atoms with Gasteiger partial charge in [-0.15, -0.1) is 0 Å². The number of hydrogen-bond acceptors (Lipinski definition) is 1. The number of anilines is 3. The summed E-state index contributed by atoms with van der Waals surface area (Å²) >= 11 is 0. The van der Waals surface area contributed by atoms with E-state index in [0.717, 1.165) is 29.9 Å². The Kier molecular flexibility index (Phi) is 9.75. The molecule has 7 aromatic carbocycles. The molecule has 0 fully saturated rings. The minimum absolute atomic E-state index is 0.104. The predicted molar refractivity (Wildman–Crippen MR) is 267 cm³/mol. The number of rotatable bonds is 8. The molecule has 0 radical (unpaired) electrons. The summed E-state index contributed by atoms with van der Waals surface area (Å²) in [6, 6.07) is 55.3. The van der Waals surface area contributed by atoms with Crippen molar-refractivity contribution in [2.75, 3.05) is 4.90 Å². The summed E-state index contributed by atoms with van der Waals surface area (Å²) < 4.78 is 0. The van der Waals surface area contributed by atoms with Crippen molar-refractivity contribution in [3.8, 4) is 44.5 Å². The third kappa shape index (κ3) is 6.54. The van der Waals surface area contributed by atoms with Gasteiger partial charge in [-0.25, -0.2) is 0 Å². The predicted octanol–water partition coefficient (Wildman–Crippen LogP) is 17.1. The lowest BCUT2D eigenvalue weighted by molar-refractivity contribution is 0.652. The lowest BCUT2D eigenvalue weighted by Gasteiger charge is -2.27. The van der Waals surface area contributed by atoms with Gasteiger partial charge in [-0.05, 0) is 183 Å². The summed E-state index contributed by atoms with van der Waals surface area (Å²) in [5.74, 6) is 0. The van der Waals surface area contributed by atoms with Crippen LogP contribution in [0.5, 0.6) is 0 Å². The maximum atomic E-state index is 2.54. The highest BCUT2D eigenvalue weighted by Crippen LogP contribution is 2.58. The molecule has 0 saturated carbocycles. The molecule has 0 unspecified atom stereocenters. The van der Waals surface area contributed by atoms with Gasteiger partial charge in [-0.3, -0.25) is 0 Å². The Morgan fingerprint density at radius 3 is 1.90 bits per heavy atom. The van der Waals surface area contributed by atoms with Crippen LogP contribution in [0.15, 0.2) is 182 Å². The fourth-order valence-corrected chi connectivity index (χ4v) is 10.5. The summed E-state index contributed by atoms with van der Waals surface area (Å²) in [5, 5.41) is 0. The maximum absolute atomic E-state index is 2.54. The zero-order valence-electron chi connectivity index (χ0n) is 37.2. The summed E-state index contributed by atoms with van der Waals surface area (Å²) in [6.45, 7) is 16.1. The van der Waals surface area contributed by atoms with Crippen molar-refractivity contribution in [3.05, 3.63) is 221 Å². The largest absolute Gasteiger partial charge is 0.310 e. The molecule has 0 heterocycles. The molecule has 304 valence electrons. The number of allylic oxidation sites excluding steroid dienone is 8. The van der Waals surface area contributed by atoms with Gasteiger partial charge in [-0.2, -0.15) is 0 Å². The van der Waals surface area contributed by atoms with E-state index in [0.29, 0.717) is 0 Å². The Balaban J connectivity index is 1.06. The molecule has 0 saturated heterocycles. The van der Waals surface area contributed by atoms with Gasteiger partial charge in [0.05, 0.1) is 0 Å². The highest BCUT2D eigenvalue weighted by Gasteiger charge is 2.42. The zero-order chi connectivity index (χ0) is 42.8. The SMILES string of the molecule is C/C=C\C(=C/C)c1ccc(N(c2ccc(C3=CCCC=C3)cc2)c2cc(C)cc(-c3ccc4c(c3)C(C)(C)c3cc5c(cc3-4)C(C)(C)c3cccc(-c4ccccc4)c3-5)c2)cc1. The Labute approximate surface area is 369 Å². The first-order chi connectivity index (χ1) is 30.1. The van der Waals surface area contributed by atoms with Gasteiger partial charge in [0.15, 0.2) is 0 Å². The molecule has 1 heteroatoms. The van der Waals surface area contributed by atoms with E-state index in [1.165, 1.54) is 94.6 Å². The Morgan fingerprint density at radius 2 is 1.19 bits per heavy atom. The van der Waals surface area contributed by atoms with Crippen molar-refractivity contribution in [1.29, 1.82) is 0 Å². The van der Waals surface area contributed by atoms with Gasteiger partial charge in [0.2, 0.25) is 0 Å². The number of fused-ring (bicyclic) bond motifs is 6. The molecule has 62 heavy (non-hydrogen) atoms. The van der Waals surface area contributed by atoms with Crippen LogP contribution in [0.3, 0.4) is 0 Å².